The first-order valence-corrected chi connectivity index (χ1v) is 15.0. The van der Waals surface area contributed by atoms with Crippen LogP contribution in [0.4, 0.5) is 23.2 Å². The van der Waals surface area contributed by atoms with E-state index in [-0.39, 0.29) is 25.5 Å². The van der Waals surface area contributed by atoms with Crippen LogP contribution in [0.3, 0.4) is 0 Å². The second-order valence-electron chi connectivity index (χ2n) is 11.8. The van der Waals surface area contributed by atoms with E-state index in [9.17, 15) is 32.3 Å². The molecule has 3 aliphatic rings. The number of anilines is 1. The number of hydrogen-bond donors (Lipinski definition) is 1. The maximum atomic E-state index is 14.0. The van der Waals surface area contributed by atoms with Gasteiger partial charge >= 0.3 is 6.18 Å². The summed E-state index contributed by atoms with van der Waals surface area (Å²) in [5.41, 5.74) is -2.72. The molecule has 11 heteroatoms. The normalized spacial score (nSPS) is 22.3. The lowest BCUT2D eigenvalue weighted by atomic mass is 9.82. The Morgan fingerprint density at radius 1 is 0.857 bits per heavy atom. The highest BCUT2D eigenvalue weighted by molar-refractivity contribution is 6.34. The molecule has 0 radical (unpaired) electrons. The minimum Gasteiger partial charge on any atom is -0.371 e. The molecule has 5 rings (SSSR count). The second kappa shape index (κ2) is 12.4. The Bertz CT molecular complexity index is 1260. The van der Waals surface area contributed by atoms with Crippen LogP contribution in [0.2, 0.25) is 5.02 Å². The minimum absolute atomic E-state index is 0.100. The fourth-order valence-electron chi connectivity index (χ4n) is 6.53. The monoisotopic (exact) mass is 609 g/mol. The SMILES string of the molecule is O=C(c1ccc(N2CCC(CC3CCN(C(=O)[C@](O)(c4ccccc4)C(F)(F)F)CC3)CC2)cc1Cl)N1CC[C@H](F)C1. The number of nitrogens with zero attached hydrogens (tertiary/aromatic N) is 3. The summed E-state index contributed by atoms with van der Waals surface area (Å²) in [5.74, 6) is -0.798. The Hall–Kier alpha value is -2.85. The van der Waals surface area contributed by atoms with E-state index in [0.29, 0.717) is 48.2 Å². The second-order valence-corrected chi connectivity index (χ2v) is 12.2. The summed E-state index contributed by atoms with van der Waals surface area (Å²) in [6.45, 7) is 2.49. The summed E-state index contributed by atoms with van der Waals surface area (Å²) < 4.78 is 55.4. The van der Waals surface area contributed by atoms with Crippen LogP contribution in [0, 0.1) is 11.8 Å². The summed E-state index contributed by atoms with van der Waals surface area (Å²) in [7, 11) is 0. The van der Waals surface area contributed by atoms with Gasteiger partial charge in [0.25, 0.3) is 17.4 Å². The number of carbonyl (C=O) groups is 2. The van der Waals surface area contributed by atoms with Crippen molar-refractivity contribution in [3.63, 3.8) is 0 Å². The summed E-state index contributed by atoms with van der Waals surface area (Å²) in [5, 5.41) is 11.0. The van der Waals surface area contributed by atoms with Crippen molar-refractivity contribution in [2.75, 3.05) is 44.2 Å². The van der Waals surface area contributed by atoms with Crippen LogP contribution in [-0.4, -0.2) is 78.3 Å². The molecular weight excluding hydrogens is 574 g/mol. The fraction of sp³-hybridized carbons (Fsp3) is 0.548. The Kier molecular flexibility index (Phi) is 9.04. The van der Waals surface area contributed by atoms with E-state index < -0.39 is 29.4 Å². The fourth-order valence-corrected chi connectivity index (χ4v) is 6.79. The quantitative estimate of drug-likeness (QED) is 0.420. The van der Waals surface area contributed by atoms with Gasteiger partial charge in [0, 0.05) is 44.0 Å². The molecular formula is C31H36ClF4N3O3. The van der Waals surface area contributed by atoms with Crippen molar-refractivity contribution in [3.05, 3.63) is 64.7 Å². The molecule has 3 fully saturated rings. The van der Waals surface area contributed by atoms with Crippen molar-refractivity contribution >= 4 is 29.1 Å². The lowest BCUT2D eigenvalue weighted by Gasteiger charge is -2.40. The Balaban J connectivity index is 1.11. The third-order valence-corrected chi connectivity index (χ3v) is 9.37. The van der Waals surface area contributed by atoms with Crippen LogP contribution in [0.25, 0.3) is 0 Å². The van der Waals surface area contributed by atoms with Crippen LogP contribution in [0.1, 0.15) is 54.4 Å². The minimum atomic E-state index is -5.14. The van der Waals surface area contributed by atoms with E-state index in [1.165, 1.54) is 23.1 Å². The number of carbonyl (C=O) groups excluding carboxylic acids is 2. The molecule has 3 heterocycles. The van der Waals surface area contributed by atoms with Crippen LogP contribution in [-0.2, 0) is 10.4 Å². The van der Waals surface area contributed by atoms with Gasteiger partial charge in [0.15, 0.2) is 0 Å². The van der Waals surface area contributed by atoms with Gasteiger partial charge in [-0.3, -0.25) is 9.59 Å². The molecule has 3 saturated heterocycles. The first-order valence-electron chi connectivity index (χ1n) is 14.6. The largest absolute Gasteiger partial charge is 0.430 e. The van der Waals surface area contributed by atoms with Crippen molar-refractivity contribution in [1.82, 2.24) is 9.80 Å². The lowest BCUT2D eigenvalue weighted by molar-refractivity contribution is -0.262. The van der Waals surface area contributed by atoms with Gasteiger partial charge in [-0.1, -0.05) is 41.9 Å². The number of benzene rings is 2. The predicted octanol–water partition coefficient (Wildman–Crippen LogP) is 5.82. The average Bonchev–Trinajstić information content (AvgIpc) is 3.43. The third kappa shape index (κ3) is 6.25. The summed E-state index contributed by atoms with van der Waals surface area (Å²) in [6.07, 6.45) is -1.74. The maximum absolute atomic E-state index is 14.0. The smallest absolute Gasteiger partial charge is 0.371 e. The number of aliphatic hydroxyl groups is 1. The van der Waals surface area contributed by atoms with Crippen molar-refractivity contribution in [2.45, 2.75) is 56.5 Å². The molecule has 0 aliphatic carbocycles. The molecule has 0 bridgehead atoms. The van der Waals surface area contributed by atoms with Crippen LogP contribution < -0.4 is 4.90 Å². The lowest BCUT2D eigenvalue weighted by Crippen LogP contribution is -2.57. The number of rotatable bonds is 6. The molecule has 1 N–H and O–H groups in total. The number of alkyl halides is 4. The van der Waals surface area contributed by atoms with Gasteiger partial charge < -0.3 is 19.8 Å². The Labute approximate surface area is 248 Å². The van der Waals surface area contributed by atoms with Crippen molar-refractivity contribution in [3.8, 4) is 0 Å². The number of likely N-dealkylation sites (tertiary alicyclic amines) is 2. The van der Waals surface area contributed by atoms with E-state index in [1.807, 2.05) is 6.07 Å². The van der Waals surface area contributed by atoms with E-state index >= 15 is 0 Å². The van der Waals surface area contributed by atoms with Crippen LogP contribution in [0.15, 0.2) is 48.5 Å². The molecule has 0 spiro atoms. The van der Waals surface area contributed by atoms with Gasteiger partial charge in [-0.15, -0.1) is 0 Å². The van der Waals surface area contributed by atoms with Crippen molar-refractivity contribution < 1.29 is 32.3 Å². The molecule has 6 nitrogen and oxygen atoms in total. The molecule has 2 aromatic carbocycles. The Morgan fingerprint density at radius 2 is 1.45 bits per heavy atom. The molecule has 2 aromatic rings. The molecule has 228 valence electrons. The maximum Gasteiger partial charge on any atom is 0.430 e. The molecule has 42 heavy (non-hydrogen) atoms. The highest BCUT2D eigenvalue weighted by atomic mass is 35.5. The molecule has 0 aromatic heterocycles. The van der Waals surface area contributed by atoms with E-state index in [0.717, 1.165) is 55.1 Å². The third-order valence-electron chi connectivity index (χ3n) is 9.06. The number of piperidine rings is 2. The van der Waals surface area contributed by atoms with Gasteiger partial charge in [-0.25, -0.2) is 4.39 Å². The van der Waals surface area contributed by atoms with E-state index in [4.69, 9.17) is 11.6 Å². The van der Waals surface area contributed by atoms with Crippen LogP contribution >= 0.6 is 11.6 Å². The molecule has 2 atom stereocenters. The topological polar surface area (TPSA) is 64.1 Å². The molecule has 3 aliphatic heterocycles. The van der Waals surface area contributed by atoms with Crippen molar-refractivity contribution in [1.29, 1.82) is 0 Å². The first-order chi connectivity index (χ1) is 20.0. The molecule has 0 unspecified atom stereocenters. The van der Waals surface area contributed by atoms with Gasteiger partial charge in [0.05, 0.1) is 17.1 Å². The van der Waals surface area contributed by atoms with Gasteiger partial charge in [-0.05, 0) is 68.6 Å². The number of amides is 2. The van der Waals surface area contributed by atoms with Crippen molar-refractivity contribution in [2.24, 2.45) is 11.8 Å². The number of hydrogen-bond acceptors (Lipinski definition) is 4. The number of halogens is 5. The van der Waals surface area contributed by atoms with E-state index in [2.05, 4.69) is 4.90 Å². The van der Waals surface area contributed by atoms with Crippen LogP contribution in [0.5, 0.6) is 0 Å². The summed E-state index contributed by atoms with van der Waals surface area (Å²) in [6, 6.07) is 11.9. The zero-order valence-electron chi connectivity index (χ0n) is 23.3. The molecule has 2 amide bonds. The molecule has 0 saturated carbocycles. The standard InChI is InChI=1S/C31H36ClF4N3O3/c32-27-19-25(6-7-26(27)28(40)39-17-12-24(33)20-39)37-13-8-21(9-14-37)18-22-10-15-38(16-11-22)29(41)30(42,31(34,35)36)23-4-2-1-3-5-23/h1-7,19,21-22,24,42H,8-18,20H2/t24-,30+/m0/s1. The van der Waals surface area contributed by atoms with Gasteiger partial charge in [0.1, 0.15) is 6.17 Å². The predicted molar refractivity (Wildman–Crippen MR) is 152 cm³/mol. The zero-order valence-corrected chi connectivity index (χ0v) is 24.1. The van der Waals surface area contributed by atoms with Gasteiger partial charge in [0.2, 0.25) is 0 Å². The average molecular weight is 610 g/mol. The Morgan fingerprint density at radius 3 is 2.00 bits per heavy atom. The summed E-state index contributed by atoms with van der Waals surface area (Å²) >= 11 is 6.46. The summed E-state index contributed by atoms with van der Waals surface area (Å²) in [4.78, 5) is 30.6. The van der Waals surface area contributed by atoms with Gasteiger partial charge in [-0.2, -0.15) is 13.2 Å². The highest BCUT2D eigenvalue weighted by Crippen LogP contribution is 2.41. The zero-order chi connectivity index (χ0) is 30.1. The first kappa shape index (κ1) is 30.6. The highest BCUT2D eigenvalue weighted by Gasteiger charge is 2.62. The van der Waals surface area contributed by atoms with E-state index in [1.54, 1.807) is 12.1 Å².